The van der Waals surface area contributed by atoms with E-state index in [0.29, 0.717) is 40.7 Å². The van der Waals surface area contributed by atoms with Gasteiger partial charge in [-0.1, -0.05) is 30.3 Å². The molecule has 3 heterocycles. The Morgan fingerprint density at radius 3 is 2.89 bits per heavy atom. The van der Waals surface area contributed by atoms with Crippen LogP contribution in [0.25, 0.3) is 0 Å². The fourth-order valence-corrected chi connectivity index (χ4v) is 3.26. The van der Waals surface area contributed by atoms with Crippen LogP contribution in [0.3, 0.4) is 0 Å². The van der Waals surface area contributed by atoms with Crippen molar-refractivity contribution in [2.24, 2.45) is 0 Å². The highest BCUT2D eigenvalue weighted by atomic mass is 16.5. The van der Waals surface area contributed by atoms with Crippen LogP contribution < -0.4 is 10.1 Å². The van der Waals surface area contributed by atoms with Crippen molar-refractivity contribution in [2.45, 2.75) is 25.9 Å². The van der Waals surface area contributed by atoms with E-state index in [4.69, 9.17) is 14.0 Å². The van der Waals surface area contributed by atoms with Crippen LogP contribution in [0.15, 0.2) is 40.1 Å². The lowest BCUT2D eigenvalue weighted by molar-refractivity contribution is -0.136. The highest BCUT2D eigenvalue weighted by Gasteiger charge is 2.43. The van der Waals surface area contributed by atoms with Crippen LogP contribution in [-0.4, -0.2) is 40.8 Å². The van der Waals surface area contributed by atoms with Gasteiger partial charge in [0.25, 0.3) is 0 Å². The lowest BCUT2D eigenvalue weighted by Gasteiger charge is -2.32. The highest BCUT2D eigenvalue weighted by molar-refractivity contribution is 5.97. The molecular formula is C18H18N4O5. The molecule has 2 aromatic rings. The molecule has 0 spiro atoms. The largest absolute Gasteiger partial charge is 0.496 e. The Hall–Kier alpha value is -3.36. The van der Waals surface area contributed by atoms with Gasteiger partial charge in [-0.3, -0.25) is 4.90 Å². The molecule has 1 N–H and O–H groups in total. The predicted octanol–water partition coefficient (Wildman–Crippen LogP) is 1.72. The normalized spacial score (nSPS) is 19.0. The Bertz CT molecular complexity index is 935. The van der Waals surface area contributed by atoms with Crippen LogP contribution >= 0.6 is 0 Å². The van der Waals surface area contributed by atoms with E-state index in [9.17, 15) is 9.59 Å². The summed E-state index contributed by atoms with van der Waals surface area (Å²) in [6.45, 7) is 2.00. The first-order chi connectivity index (χ1) is 13.1. The van der Waals surface area contributed by atoms with Gasteiger partial charge in [0.1, 0.15) is 12.4 Å². The fraction of sp³-hybridized carbons (Fsp3) is 0.333. The number of carbonyl (C=O) groups is 2. The second kappa shape index (κ2) is 6.75. The molecule has 1 aromatic heterocycles. The van der Waals surface area contributed by atoms with Crippen molar-refractivity contribution >= 4 is 12.0 Å². The standard InChI is InChI=1S/C18H18N4O5/c1-3-14-19-13(21-27-14)8-22-11-9-26-17(23)15(11)16(20-18(22)24)10-6-4-5-7-12(10)25-2/h4-7,16H,3,8-9H2,1-2H3,(H,20,24)/t16-/m0/s1. The summed E-state index contributed by atoms with van der Waals surface area (Å²) in [7, 11) is 1.54. The van der Waals surface area contributed by atoms with Gasteiger partial charge >= 0.3 is 12.0 Å². The maximum atomic E-state index is 12.8. The molecule has 0 unspecified atom stereocenters. The van der Waals surface area contributed by atoms with Gasteiger partial charge in [0, 0.05) is 12.0 Å². The molecule has 2 amide bonds. The van der Waals surface area contributed by atoms with Crippen molar-refractivity contribution in [1.82, 2.24) is 20.4 Å². The van der Waals surface area contributed by atoms with Gasteiger partial charge in [0.05, 0.1) is 31.0 Å². The molecule has 1 atom stereocenters. The smallest absolute Gasteiger partial charge is 0.338 e. The third kappa shape index (κ3) is 2.90. The second-order valence-electron chi connectivity index (χ2n) is 6.10. The Morgan fingerprint density at radius 1 is 1.33 bits per heavy atom. The monoisotopic (exact) mass is 370 g/mol. The van der Waals surface area contributed by atoms with Crippen LogP contribution in [0.1, 0.15) is 30.2 Å². The first kappa shape index (κ1) is 17.1. The zero-order valence-electron chi connectivity index (χ0n) is 14.9. The number of ether oxygens (including phenoxy) is 2. The molecule has 1 aromatic carbocycles. The predicted molar refractivity (Wildman–Crippen MR) is 91.5 cm³/mol. The van der Waals surface area contributed by atoms with Crippen molar-refractivity contribution < 1.29 is 23.6 Å². The van der Waals surface area contributed by atoms with Gasteiger partial charge in [-0.15, -0.1) is 0 Å². The Kier molecular flexibility index (Phi) is 4.27. The number of methoxy groups -OCH3 is 1. The van der Waals surface area contributed by atoms with E-state index in [1.807, 2.05) is 25.1 Å². The van der Waals surface area contributed by atoms with Crippen molar-refractivity contribution in [2.75, 3.05) is 13.7 Å². The maximum Gasteiger partial charge on any atom is 0.338 e. The van der Waals surface area contributed by atoms with Crippen LogP contribution in [0, 0.1) is 0 Å². The molecule has 9 nitrogen and oxygen atoms in total. The van der Waals surface area contributed by atoms with Crippen LogP contribution in [0.4, 0.5) is 4.79 Å². The number of aryl methyl sites for hydroxylation is 1. The lowest BCUT2D eigenvalue weighted by atomic mass is 9.95. The van der Waals surface area contributed by atoms with E-state index < -0.39 is 12.0 Å². The molecule has 4 rings (SSSR count). The molecule has 0 fully saturated rings. The number of nitrogens with zero attached hydrogens (tertiary/aromatic N) is 3. The quantitative estimate of drug-likeness (QED) is 0.799. The van der Waals surface area contributed by atoms with Crippen LogP contribution in [0.2, 0.25) is 0 Å². The molecule has 140 valence electrons. The van der Waals surface area contributed by atoms with E-state index in [1.165, 1.54) is 4.90 Å². The number of rotatable bonds is 5. The first-order valence-electron chi connectivity index (χ1n) is 8.55. The minimum Gasteiger partial charge on any atom is -0.496 e. The first-order valence-corrected chi connectivity index (χ1v) is 8.55. The molecule has 0 saturated carbocycles. The average molecular weight is 370 g/mol. The zero-order chi connectivity index (χ0) is 19.0. The highest BCUT2D eigenvalue weighted by Crippen LogP contribution is 2.38. The van der Waals surface area contributed by atoms with Crippen molar-refractivity contribution in [3.05, 3.63) is 52.8 Å². The molecule has 0 aliphatic carbocycles. The number of carbonyl (C=O) groups excluding carboxylic acids is 2. The van der Waals surface area contributed by atoms with E-state index >= 15 is 0 Å². The molecule has 0 bridgehead atoms. The summed E-state index contributed by atoms with van der Waals surface area (Å²) in [5.41, 5.74) is 1.58. The van der Waals surface area contributed by atoms with Gasteiger partial charge in [-0.2, -0.15) is 4.98 Å². The molecular weight excluding hydrogens is 352 g/mol. The number of nitrogens with one attached hydrogen (secondary N) is 1. The average Bonchev–Trinajstić information content (AvgIpc) is 3.30. The number of esters is 1. The number of aromatic nitrogens is 2. The summed E-state index contributed by atoms with van der Waals surface area (Å²) in [5.74, 6) is 0.966. The van der Waals surface area contributed by atoms with E-state index in [2.05, 4.69) is 15.5 Å². The summed E-state index contributed by atoms with van der Waals surface area (Å²) in [4.78, 5) is 30.8. The number of benzene rings is 1. The third-order valence-electron chi connectivity index (χ3n) is 4.56. The minimum atomic E-state index is -0.647. The van der Waals surface area contributed by atoms with Crippen molar-refractivity contribution in [3.8, 4) is 5.75 Å². The van der Waals surface area contributed by atoms with E-state index in [-0.39, 0.29) is 19.2 Å². The third-order valence-corrected chi connectivity index (χ3v) is 4.56. The molecule has 0 saturated heterocycles. The number of hydrogen-bond acceptors (Lipinski definition) is 7. The van der Waals surface area contributed by atoms with Crippen molar-refractivity contribution in [3.63, 3.8) is 0 Å². The van der Waals surface area contributed by atoms with Gasteiger partial charge in [-0.25, -0.2) is 9.59 Å². The van der Waals surface area contributed by atoms with Crippen LogP contribution in [-0.2, 0) is 22.5 Å². The zero-order valence-corrected chi connectivity index (χ0v) is 14.9. The topological polar surface area (TPSA) is 107 Å². The lowest BCUT2D eigenvalue weighted by Crippen LogP contribution is -2.47. The molecule has 2 aliphatic heterocycles. The summed E-state index contributed by atoms with van der Waals surface area (Å²) < 4.78 is 15.7. The summed E-state index contributed by atoms with van der Waals surface area (Å²) in [6, 6.07) is 6.21. The van der Waals surface area contributed by atoms with Gasteiger partial charge in [0.2, 0.25) is 5.89 Å². The van der Waals surface area contributed by atoms with Gasteiger partial charge in [-0.05, 0) is 6.07 Å². The SMILES string of the molecule is CCc1nc(CN2C(=O)N[C@@H](c3ccccc3OC)C3=C2COC3=O)no1. The van der Waals surface area contributed by atoms with Gasteiger partial charge < -0.3 is 19.3 Å². The molecule has 0 radical (unpaired) electrons. The Balaban J connectivity index is 1.72. The number of hydrogen-bond donors (Lipinski definition) is 1. The number of amides is 2. The minimum absolute atomic E-state index is 0.0196. The molecule has 27 heavy (non-hydrogen) atoms. The summed E-state index contributed by atoms with van der Waals surface area (Å²) >= 11 is 0. The van der Waals surface area contributed by atoms with Crippen LogP contribution in [0.5, 0.6) is 5.75 Å². The molecule has 9 heteroatoms. The van der Waals surface area contributed by atoms with E-state index in [0.717, 1.165) is 0 Å². The van der Waals surface area contributed by atoms with Gasteiger partial charge in [0.15, 0.2) is 5.82 Å². The Labute approximate surface area is 154 Å². The Morgan fingerprint density at radius 2 is 2.15 bits per heavy atom. The van der Waals surface area contributed by atoms with E-state index in [1.54, 1.807) is 13.2 Å². The second-order valence-corrected chi connectivity index (χ2v) is 6.10. The number of cyclic esters (lactones) is 1. The number of para-hydroxylation sites is 1. The summed E-state index contributed by atoms with van der Waals surface area (Å²) in [5, 5.41) is 6.74. The summed E-state index contributed by atoms with van der Waals surface area (Å²) in [6.07, 6.45) is 0.602. The number of urea groups is 1. The van der Waals surface area contributed by atoms with Crippen molar-refractivity contribution in [1.29, 1.82) is 0 Å². The fourth-order valence-electron chi connectivity index (χ4n) is 3.26. The maximum absolute atomic E-state index is 12.8. The molecule has 2 aliphatic rings.